The molecule has 26 heavy (non-hydrogen) atoms. The Balaban J connectivity index is 1.95. The van der Waals surface area contributed by atoms with Gasteiger partial charge in [-0.1, -0.05) is 43.6 Å². The van der Waals surface area contributed by atoms with E-state index in [1.807, 2.05) is 24.3 Å². The van der Waals surface area contributed by atoms with E-state index in [1.54, 1.807) is 13.8 Å². The summed E-state index contributed by atoms with van der Waals surface area (Å²) in [6, 6.07) is 7.40. The summed E-state index contributed by atoms with van der Waals surface area (Å²) in [6.07, 6.45) is 0.811. The van der Waals surface area contributed by atoms with Gasteiger partial charge in [0.2, 0.25) is 5.91 Å². The van der Waals surface area contributed by atoms with E-state index in [9.17, 15) is 19.5 Å². The second-order valence-electron chi connectivity index (χ2n) is 5.99. The van der Waals surface area contributed by atoms with E-state index in [0.717, 1.165) is 10.1 Å². The molecule has 0 fully saturated rings. The number of fused-ring (bicyclic) bond motifs is 1. The molecule has 6 nitrogen and oxygen atoms in total. The van der Waals surface area contributed by atoms with Gasteiger partial charge in [0.05, 0.1) is 17.0 Å². The van der Waals surface area contributed by atoms with Gasteiger partial charge in [0, 0.05) is 16.6 Å². The maximum absolute atomic E-state index is 12.3. The maximum atomic E-state index is 12.3. The average Bonchev–Trinajstić information content (AvgIpc) is 2.98. The lowest BCUT2D eigenvalue weighted by molar-refractivity contribution is -0.149. The molecule has 0 saturated heterocycles. The van der Waals surface area contributed by atoms with Crippen molar-refractivity contribution in [3.8, 4) is 0 Å². The van der Waals surface area contributed by atoms with Crippen LogP contribution < -0.4 is 10.6 Å². The Hall–Kier alpha value is -2.12. The van der Waals surface area contributed by atoms with E-state index >= 15 is 0 Å². The first-order valence-electron chi connectivity index (χ1n) is 8.30. The highest BCUT2D eigenvalue weighted by Crippen LogP contribution is 2.34. The van der Waals surface area contributed by atoms with E-state index in [-0.39, 0.29) is 13.1 Å². The van der Waals surface area contributed by atoms with Crippen molar-refractivity contribution in [2.45, 2.75) is 26.7 Å². The Labute approximate surface area is 160 Å². The molecule has 140 valence electrons. The number of thiophene rings is 1. The first-order chi connectivity index (χ1) is 12.3. The molecule has 1 heterocycles. The number of carboxylic acids is 1. The van der Waals surface area contributed by atoms with Crippen molar-refractivity contribution in [3.05, 3.63) is 34.2 Å². The van der Waals surface area contributed by atoms with Gasteiger partial charge < -0.3 is 15.7 Å². The predicted octanol–water partition coefficient (Wildman–Crippen LogP) is 3.29. The third-order valence-electron chi connectivity index (χ3n) is 4.58. The summed E-state index contributed by atoms with van der Waals surface area (Å²) < 4.78 is 0.893. The first-order valence-corrected chi connectivity index (χ1v) is 9.49. The van der Waals surface area contributed by atoms with E-state index in [0.29, 0.717) is 22.7 Å². The molecule has 0 bridgehead atoms. The summed E-state index contributed by atoms with van der Waals surface area (Å²) in [5, 5.41) is 15.7. The fourth-order valence-corrected chi connectivity index (χ4v) is 4.04. The second-order valence-corrected chi connectivity index (χ2v) is 7.42. The number of hydrogen-bond donors (Lipinski definition) is 3. The van der Waals surface area contributed by atoms with Crippen LogP contribution in [0.1, 0.15) is 36.4 Å². The molecule has 0 aliphatic heterocycles. The van der Waals surface area contributed by atoms with Gasteiger partial charge in [-0.3, -0.25) is 14.4 Å². The van der Waals surface area contributed by atoms with Crippen LogP contribution in [-0.4, -0.2) is 36.0 Å². The molecule has 0 aliphatic rings. The van der Waals surface area contributed by atoms with E-state index in [1.165, 1.54) is 11.3 Å². The number of carbonyl (C=O) groups is 3. The third kappa shape index (κ3) is 4.16. The van der Waals surface area contributed by atoms with Crippen LogP contribution in [0.4, 0.5) is 0 Å². The summed E-state index contributed by atoms with van der Waals surface area (Å²) in [5.41, 5.74) is -0.992. The van der Waals surface area contributed by atoms with Crippen LogP contribution in [0.5, 0.6) is 0 Å². The van der Waals surface area contributed by atoms with Crippen molar-refractivity contribution < 1.29 is 19.5 Å². The van der Waals surface area contributed by atoms with Crippen molar-refractivity contribution in [1.29, 1.82) is 0 Å². The van der Waals surface area contributed by atoms with Gasteiger partial charge >= 0.3 is 5.97 Å². The summed E-state index contributed by atoms with van der Waals surface area (Å²) in [5.74, 6) is -1.81. The number of halogens is 1. The topological polar surface area (TPSA) is 95.5 Å². The molecule has 0 aliphatic carbocycles. The van der Waals surface area contributed by atoms with Crippen molar-refractivity contribution in [2.24, 2.45) is 5.41 Å². The zero-order valence-corrected chi connectivity index (χ0v) is 16.2. The van der Waals surface area contributed by atoms with Crippen molar-refractivity contribution in [2.75, 3.05) is 13.1 Å². The molecular weight excluding hydrogens is 376 g/mol. The molecule has 3 N–H and O–H groups in total. The molecule has 0 atom stereocenters. The van der Waals surface area contributed by atoms with Gasteiger partial charge in [0.25, 0.3) is 5.91 Å². The molecule has 1 aromatic carbocycles. The Morgan fingerprint density at radius 2 is 1.81 bits per heavy atom. The number of amides is 2. The fourth-order valence-electron chi connectivity index (χ4n) is 2.61. The van der Waals surface area contributed by atoms with Crippen molar-refractivity contribution >= 4 is 50.8 Å². The van der Waals surface area contributed by atoms with Crippen LogP contribution in [0.15, 0.2) is 24.3 Å². The number of nitrogens with one attached hydrogen (secondary N) is 2. The molecule has 8 heteroatoms. The van der Waals surface area contributed by atoms with Gasteiger partial charge in [-0.25, -0.2) is 0 Å². The quantitative estimate of drug-likeness (QED) is 0.638. The number of rotatable bonds is 8. The fraction of sp³-hybridized carbons (Fsp3) is 0.389. The standard InChI is InChI=1S/C18H21ClN2O4S/c1-3-18(4-2,17(24)25)10-21-13(22)9-20-16(23)15-14(19)11-7-5-6-8-12(11)26-15/h5-8H,3-4,9-10H2,1-2H3,(H,20,23)(H,21,22)(H,24,25). The van der Waals surface area contributed by atoms with E-state index < -0.39 is 23.2 Å². The third-order valence-corrected chi connectivity index (χ3v) is 6.26. The summed E-state index contributed by atoms with van der Waals surface area (Å²) in [4.78, 5) is 36.1. The van der Waals surface area contributed by atoms with Crippen LogP contribution in [0, 0.1) is 5.41 Å². The summed E-state index contributed by atoms with van der Waals surface area (Å²) >= 11 is 7.50. The van der Waals surface area contributed by atoms with E-state index in [2.05, 4.69) is 10.6 Å². The summed E-state index contributed by atoms with van der Waals surface area (Å²) in [6.45, 7) is 3.32. The van der Waals surface area contributed by atoms with Crippen LogP contribution in [0.25, 0.3) is 10.1 Å². The van der Waals surface area contributed by atoms with Gasteiger partial charge in [0.15, 0.2) is 0 Å². The van der Waals surface area contributed by atoms with Gasteiger partial charge in [-0.2, -0.15) is 0 Å². The smallest absolute Gasteiger partial charge is 0.311 e. The van der Waals surface area contributed by atoms with Crippen molar-refractivity contribution in [3.63, 3.8) is 0 Å². The highest BCUT2D eigenvalue weighted by atomic mass is 35.5. The Kier molecular flexibility index (Phi) is 6.61. The minimum Gasteiger partial charge on any atom is -0.481 e. The molecular formula is C18H21ClN2O4S. The van der Waals surface area contributed by atoms with Crippen LogP contribution >= 0.6 is 22.9 Å². The Morgan fingerprint density at radius 1 is 1.15 bits per heavy atom. The van der Waals surface area contributed by atoms with Gasteiger partial charge in [-0.15, -0.1) is 11.3 Å². The molecule has 0 unspecified atom stereocenters. The minimum absolute atomic E-state index is 0.0215. The van der Waals surface area contributed by atoms with Crippen LogP contribution in [0.2, 0.25) is 5.02 Å². The number of carbonyl (C=O) groups excluding carboxylic acids is 2. The SMILES string of the molecule is CCC(CC)(CNC(=O)CNC(=O)c1sc2ccccc2c1Cl)C(=O)O. The number of carboxylic acid groups (broad SMARTS) is 1. The molecule has 2 amide bonds. The number of hydrogen-bond acceptors (Lipinski definition) is 4. The number of benzene rings is 1. The molecule has 2 aromatic rings. The monoisotopic (exact) mass is 396 g/mol. The number of aliphatic carboxylic acids is 1. The largest absolute Gasteiger partial charge is 0.481 e. The first kappa shape index (κ1) is 20.2. The van der Waals surface area contributed by atoms with E-state index in [4.69, 9.17) is 11.6 Å². The Bertz CT molecular complexity index is 830. The zero-order valence-electron chi connectivity index (χ0n) is 14.6. The predicted molar refractivity (Wildman–Crippen MR) is 103 cm³/mol. The molecule has 0 saturated carbocycles. The van der Waals surface area contributed by atoms with Crippen molar-refractivity contribution in [1.82, 2.24) is 10.6 Å². The normalized spacial score (nSPS) is 11.3. The molecule has 0 radical (unpaired) electrons. The minimum atomic E-state index is -0.992. The van der Waals surface area contributed by atoms with Crippen LogP contribution in [0.3, 0.4) is 0 Å². The lowest BCUT2D eigenvalue weighted by Gasteiger charge is -2.26. The van der Waals surface area contributed by atoms with Gasteiger partial charge in [0.1, 0.15) is 4.88 Å². The highest BCUT2D eigenvalue weighted by Gasteiger charge is 2.35. The van der Waals surface area contributed by atoms with Crippen LogP contribution in [-0.2, 0) is 9.59 Å². The Morgan fingerprint density at radius 3 is 2.38 bits per heavy atom. The molecule has 0 spiro atoms. The molecule has 1 aromatic heterocycles. The lowest BCUT2D eigenvalue weighted by atomic mass is 9.82. The summed E-state index contributed by atoms with van der Waals surface area (Å²) in [7, 11) is 0. The maximum Gasteiger partial charge on any atom is 0.311 e. The average molecular weight is 397 g/mol. The lowest BCUT2D eigenvalue weighted by Crippen LogP contribution is -2.45. The molecule has 2 rings (SSSR count). The second kappa shape index (κ2) is 8.51. The van der Waals surface area contributed by atoms with Gasteiger partial charge in [-0.05, 0) is 18.9 Å². The highest BCUT2D eigenvalue weighted by molar-refractivity contribution is 7.21. The zero-order chi connectivity index (χ0) is 19.3.